The molecule has 2 amide bonds. The Balaban J connectivity index is 2.07. The molecule has 1 aliphatic carbocycles. The number of carbonyl (C=O) groups excluding carboxylic acids is 2. The van der Waals surface area contributed by atoms with Gasteiger partial charge in [-0.3, -0.25) is 9.59 Å². The van der Waals surface area contributed by atoms with Crippen molar-refractivity contribution in [2.75, 3.05) is 27.2 Å². The monoisotopic (exact) mass is 835 g/mol. The highest BCUT2D eigenvalue weighted by atomic mass is 32.1. The lowest BCUT2D eigenvalue weighted by molar-refractivity contribution is -0.143. The van der Waals surface area contributed by atoms with Crippen LogP contribution in [0, 0.1) is 17.3 Å². The molecule has 0 aromatic carbocycles. The van der Waals surface area contributed by atoms with Crippen LogP contribution in [0.25, 0.3) is 0 Å². The van der Waals surface area contributed by atoms with Gasteiger partial charge in [0.1, 0.15) is 0 Å². The lowest BCUT2D eigenvalue weighted by Crippen LogP contribution is -2.55. The summed E-state index contributed by atoms with van der Waals surface area (Å²) in [4.78, 5) is 30.2. The van der Waals surface area contributed by atoms with Crippen molar-refractivity contribution in [3.63, 3.8) is 0 Å². The molecule has 0 aromatic rings. The Morgan fingerprint density at radius 1 is 0.491 bits per heavy atom. The Morgan fingerprint density at radius 3 is 1.07 bits per heavy atom. The maximum Gasteiger partial charge on any atom is 0.229 e. The molecule has 334 valence electrons. The highest BCUT2D eigenvalue weighted by Gasteiger charge is 2.52. The molecule has 6 nitrogen and oxygen atoms in total. The fourth-order valence-electron chi connectivity index (χ4n) is 8.58. The van der Waals surface area contributed by atoms with Crippen LogP contribution >= 0.6 is 24.4 Å². The Morgan fingerprint density at radius 2 is 0.772 bits per heavy atom. The summed E-state index contributed by atoms with van der Waals surface area (Å²) in [5.41, 5.74) is -0.273. The number of unbranched alkanes of at least 4 members (excludes halogenated alkanes) is 30. The van der Waals surface area contributed by atoms with Gasteiger partial charge in [-0.25, -0.2) is 0 Å². The molecule has 0 radical (unpaired) electrons. The Bertz CT molecular complexity index is 1040. The third-order valence-corrected chi connectivity index (χ3v) is 13.9. The average molecular weight is 835 g/mol. The smallest absolute Gasteiger partial charge is 0.229 e. The van der Waals surface area contributed by atoms with E-state index >= 15 is 0 Å². The van der Waals surface area contributed by atoms with E-state index in [0.717, 1.165) is 25.9 Å². The van der Waals surface area contributed by atoms with E-state index in [2.05, 4.69) is 38.3 Å². The Hall–Kier alpha value is -1.28. The van der Waals surface area contributed by atoms with E-state index in [-0.39, 0.29) is 29.1 Å². The summed E-state index contributed by atoms with van der Waals surface area (Å²) in [6.45, 7) is 10.5. The summed E-state index contributed by atoms with van der Waals surface area (Å²) >= 11 is 11.2. The third-order valence-electron chi connectivity index (χ3n) is 13.1. The summed E-state index contributed by atoms with van der Waals surface area (Å²) in [6.07, 6.45) is 44.5. The number of hydrogen-bond donors (Lipinski definition) is 2. The summed E-state index contributed by atoms with van der Waals surface area (Å²) in [5.74, 6) is -0.0841. The topological polar surface area (TPSA) is 64.7 Å². The van der Waals surface area contributed by atoms with Crippen LogP contribution in [-0.2, 0) is 9.59 Å². The van der Waals surface area contributed by atoms with E-state index in [1.807, 2.05) is 23.9 Å². The van der Waals surface area contributed by atoms with Crippen molar-refractivity contribution in [1.82, 2.24) is 20.4 Å². The maximum atomic E-state index is 13.2. The normalized spacial score (nSPS) is 15.9. The third kappa shape index (κ3) is 27.2. The Kier molecular flexibility index (Phi) is 33.4. The minimum absolute atomic E-state index is 0.0189. The molecule has 0 aromatic heterocycles. The molecule has 0 aliphatic heterocycles. The molecule has 1 saturated carbocycles. The SMILES string of the molecule is CCCCCCCCCCCCCCCCCCN(C)C(=S)NC(=O)C[C@H]1C[C@@H](C(=O)NC(=S)N(C)CCCCCCCCCCCCCCCCCC)C1(C)C. The highest BCUT2D eigenvalue weighted by molar-refractivity contribution is 7.80. The molecule has 8 heteroatoms. The van der Waals surface area contributed by atoms with Crippen molar-refractivity contribution < 1.29 is 9.59 Å². The lowest BCUT2D eigenvalue weighted by Gasteiger charge is -2.51. The minimum atomic E-state index is -0.273. The number of nitrogens with one attached hydrogen (secondary N) is 2. The predicted molar refractivity (Wildman–Crippen MR) is 256 cm³/mol. The molecule has 0 spiro atoms. The van der Waals surface area contributed by atoms with Gasteiger partial charge in [-0.1, -0.05) is 220 Å². The zero-order valence-electron chi connectivity index (χ0n) is 38.6. The van der Waals surface area contributed by atoms with E-state index in [1.165, 1.54) is 193 Å². The van der Waals surface area contributed by atoms with Gasteiger partial charge in [-0.2, -0.15) is 0 Å². The first-order chi connectivity index (χ1) is 27.5. The highest BCUT2D eigenvalue weighted by Crippen LogP contribution is 2.53. The van der Waals surface area contributed by atoms with E-state index in [0.29, 0.717) is 23.1 Å². The zero-order valence-corrected chi connectivity index (χ0v) is 40.3. The molecule has 2 atom stereocenters. The molecule has 57 heavy (non-hydrogen) atoms. The molecule has 1 fully saturated rings. The van der Waals surface area contributed by atoms with E-state index in [1.54, 1.807) is 0 Å². The molecule has 0 heterocycles. The number of hydrogen-bond acceptors (Lipinski definition) is 4. The van der Waals surface area contributed by atoms with Crippen LogP contribution in [0.3, 0.4) is 0 Å². The molecule has 0 saturated heterocycles. The fourth-order valence-corrected chi connectivity index (χ4v) is 8.98. The van der Waals surface area contributed by atoms with Crippen LogP contribution in [0.4, 0.5) is 0 Å². The van der Waals surface area contributed by atoms with Crippen LogP contribution in [0.2, 0.25) is 0 Å². The number of nitrogens with zero attached hydrogens (tertiary/aromatic N) is 2. The second kappa shape index (κ2) is 35.5. The first kappa shape index (κ1) is 53.7. The van der Waals surface area contributed by atoms with Gasteiger partial charge in [-0.15, -0.1) is 0 Å². The van der Waals surface area contributed by atoms with Crippen LogP contribution in [0.1, 0.15) is 246 Å². The first-order valence-corrected chi connectivity index (χ1v) is 25.5. The van der Waals surface area contributed by atoms with Gasteiger partial charge in [0.2, 0.25) is 11.8 Å². The van der Waals surface area contributed by atoms with Crippen molar-refractivity contribution in [3.05, 3.63) is 0 Å². The van der Waals surface area contributed by atoms with Gasteiger partial charge in [0, 0.05) is 39.5 Å². The molecule has 1 aliphatic rings. The second-order valence-corrected chi connectivity index (χ2v) is 19.4. The zero-order chi connectivity index (χ0) is 42.0. The van der Waals surface area contributed by atoms with Crippen molar-refractivity contribution >= 4 is 46.5 Å². The van der Waals surface area contributed by atoms with Gasteiger partial charge in [0.25, 0.3) is 0 Å². The van der Waals surface area contributed by atoms with Crippen molar-refractivity contribution in [1.29, 1.82) is 0 Å². The standard InChI is InChI=1S/C49H94N4O2S2/c1-7-9-11-13-15-17-19-21-23-25-27-29-31-33-35-37-39-52(5)47(56)50-45(54)42-43-41-44(49(43,3)4)46(55)51-48(57)53(6)40-38-36-34-32-30-28-26-24-22-20-18-16-14-12-10-8-2/h43-44H,7-42H2,1-6H3,(H,50,54,56)(H,51,55,57)/t43-,44+/m1/s1. The van der Waals surface area contributed by atoms with E-state index in [4.69, 9.17) is 24.4 Å². The van der Waals surface area contributed by atoms with E-state index < -0.39 is 0 Å². The van der Waals surface area contributed by atoms with Crippen molar-refractivity contribution in [3.8, 4) is 0 Å². The molecule has 0 unspecified atom stereocenters. The van der Waals surface area contributed by atoms with Crippen LogP contribution in [0.5, 0.6) is 0 Å². The largest absolute Gasteiger partial charge is 0.352 e. The van der Waals surface area contributed by atoms with Gasteiger partial charge >= 0.3 is 0 Å². The predicted octanol–water partition coefficient (Wildman–Crippen LogP) is 14.2. The van der Waals surface area contributed by atoms with Crippen LogP contribution in [0.15, 0.2) is 0 Å². The van der Waals surface area contributed by atoms with Crippen LogP contribution in [-0.4, -0.2) is 59.0 Å². The van der Waals surface area contributed by atoms with Crippen molar-refractivity contribution in [2.24, 2.45) is 17.3 Å². The number of thiocarbonyl (C=S) groups is 2. The first-order valence-electron chi connectivity index (χ1n) is 24.6. The molecular formula is C49H94N4O2S2. The number of rotatable bonds is 37. The van der Waals surface area contributed by atoms with Crippen LogP contribution < -0.4 is 10.6 Å². The molecular weight excluding hydrogens is 741 g/mol. The quantitative estimate of drug-likeness (QED) is 0.0480. The van der Waals surface area contributed by atoms with Crippen molar-refractivity contribution in [2.45, 2.75) is 246 Å². The van der Waals surface area contributed by atoms with E-state index in [9.17, 15) is 9.59 Å². The lowest BCUT2D eigenvalue weighted by atomic mass is 9.53. The summed E-state index contributed by atoms with van der Waals surface area (Å²) < 4.78 is 0. The van der Waals surface area contributed by atoms with Gasteiger partial charge < -0.3 is 20.4 Å². The van der Waals surface area contributed by atoms with Gasteiger partial charge in [0.05, 0.1) is 0 Å². The summed E-state index contributed by atoms with van der Waals surface area (Å²) in [6, 6.07) is 0. The second-order valence-electron chi connectivity index (χ2n) is 18.6. The van der Waals surface area contributed by atoms with Gasteiger partial charge in [0.15, 0.2) is 10.2 Å². The molecule has 0 bridgehead atoms. The average Bonchev–Trinajstić information content (AvgIpc) is 3.18. The summed E-state index contributed by atoms with van der Waals surface area (Å²) in [5, 5.41) is 6.98. The molecule has 2 N–H and O–H groups in total. The number of amides is 2. The fraction of sp³-hybridized carbons (Fsp3) is 0.918. The summed E-state index contributed by atoms with van der Waals surface area (Å²) in [7, 11) is 3.95. The molecule has 1 rings (SSSR count). The minimum Gasteiger partial charge on any atom is -0.352 e. The van der Waals surface area contributed by atoms with Gasteiger partial charge in [-0.05, 0) is 55.0 Å². The maximum absolute atomic E-state index is 13.2. The Labute approximate surface area is 365 Å². The number of carbonyl (C=O) groups is 2.